The molecule has 1 atom stereocenters. The molecule has 1 aromatic carbocycles. The zero-order chi connectivity index (χ0) is 13.8. The predicted octanol–water partition coefficient (Wildman–Crippen LogP) is 0.763. The molecular weight excluding hydrogens is 248 g/mol. The highest BCUT2D eigenvalue weighted by Crippen LogP contribution is 2.15. The van der Waals surface area contributed by atoms with Crippen LogP contribution in [0.1, 0.15) is 12.5 Å². The van der Waals surface area contributed by atoms with Gasteiger partial charge in [-0.1, -0.05) is 30.3 Å². The van der Waals surface area contributed by atoms with Crippen LogP contribution in [0.15, 0.2) is 30.3 Å². The summed E-state index contributed by atoms with van der Waals surface area (Å²) in [6.07, 6.45) is -0.656. The Bertz CT molecular complexity index is 463. The van der Waals surface area contributed by atoms with Gasteiger partial charge in [-0.2, -0.15) is 0 Å². The van der Waals surface area contributed by atoms with Crippen LogP contribution < -0.4 is 0 Å². The van der Waals surface area contributed by atoms with Gasteiger partial charge in [0.05, 0.1) is 6.61 Å². The van der Waals surface area contributed by atoms with E-state index in [1.54, 1.807) is 6.92 Å². The van der Waals surface area contributed by atoms with Gasteiger partial charge in [0.25, 0.3) is 5.91 Å². The number of imide groups is 1. The average Bonchev–Trinajstić information content (AvgIpc) is 2.72. The second-order valence-electron chi connectivity index (χ2n) is 4.28. The van der Waals surface area contributed by atoms with Crippen molar-refractivity contribution >= 4 is 11.9 Å². The van der Waals surface area contributed by atoms with E-state index in [-0.39, 0.29) is 12.5 Å². The zero-order valence-corrected chi connectivity index (χ0v) is 10.7. The molecule has 0 aromatic heterocycles. The number of urea groups is 1. The van der Waals surface area contributed by atoms with Crippen molar-refractivity contribution < 1.29 is 19.4 Å². The van der Waals surface area contributed by atoms with Crippen molar-refractivity contribution in [3.8, 4) is 0 Å². The number of aliphatic hydroxyl groups excluding tert-OH is 1. The number of nitrogens with zero attached hydrogens (tertiary/aromatic N) is 2. The van der Waals surface area contributed by atoms with E-state index in [4.69, 9.17) is 9.84 Å². The summed E-state index contributed by atoms with van der Waals surface area (Å²) in [5.74, 6) is -0.361. The van der Waals surface area contributed by atoms with Crippen molar-refractivity contribution in [2.24, 2.45) is 0 Å². The number of aliphatic hydroxyl groups is 1. The molecule has 1 saturated heterocycles. The molecule has 2 rings (SSSR count). The fourth-order valence-corrected chi connectivity index (χ4v) is 1.90. The van der Waals surface area contributed by atoms with Gasteiger partial charge in [-0.05, 0) is 12.5 Å². The van der Waals surface area contributed by atoms with Crippen molar-refractivity contribution in [3.05, 3.63) is 35.9 Å². The first-order valence-electron chi connectivity index (χ1n) is 6.01. The molecular formula is C13H16N2O4. The van der Waals surface area contributed by atoms with Gasteiger partial charge in [-0.3, -0.25) is 9.69 Å². The van der Waals surface area contributed by atoms with Gasteiger partial charge >= 0.3 is 6.03 Å². The molecule has 6 heteroatoms. The molecule has 1 unspecified atom stereocenters. The minimum atomic E-state index is -0.656. The van der Waals surface area contributed by atoms with Gasteiger partial charge in [-0.25, -0.2) is 9.69 Å². The third-order valence-electron chi connectivity index (χ3n) is 2.94. The van der Waals surface area contributed by atoms with Crippen LogP contribution in [0, 0.1) is 0 Å². The summed E-state index contributed by atoms with van der Waals surface area (Å²) < 4.78 is 5.52. The molecule has 1 heterocycles. The van der Waals surface area contributed by atoms with Crippen LogP contribution in [0.5, 0.6) is 0 Å². The van der Waals surface area contributed by atoms with Crippen LogP contribution in [0.4, 0.5) is 4.79 Å². The molecule has 102 valence electrons. The summed E-state index contributed by atoms with van der Waals surface area (Å²) in [5, 5.41) is 8.95. The van der Waals surface area contributed by atoms with Gasteiger partial charge < -0.3 is 9.84 Å². The zero-order valence-electron chi connectivity index (χ0n) is 10.7. The Kier molecular flexibility index (Phi) is 4.13. The number of amides is 3. The van der Waals surface area contributed by atoms with E-state index in [0.717, 1.165) is 15.4 Å². The van der Waals surface area contributed by atoms with Crippen LogP contribution >= 0.6 is 0 Å². The maximum Gasteiger partial charge on any atom is 0.331 e. The molecule has 0 aliphatic carbocycles. The summed E-state index contributed by atoms with van der Waals surface area (Å²) in [6, 6.07) is 8.97. The lowest BCUT2D eigenvalue weighted by molar-refractivity contribution is -0.135. The molecule has 0 spiro atoms. The van der Waals surface area contributed by atoms with Crippen LogP contribution in [0.3, 0.4) is 0 Å². The molecule has 19 heavy (non-hydrogen) atoms. The standard InChI is InChI=1S/C13H16N2O4/c1-10(19-8-11-5-3-2-4-6-11)15-12(17)7-14(9-16)13(15)18/h2-6,10,16H,7-9H2,1H3. The molecule has 3 amide bonds. The van der Waals surface area contributed by atoms with Crippen LogP contribution in [0.25, 0.3) is 0 Å². The Labute approximate surface area is 111 Å². The number of ether oxygens (including phenoxy) is 1. The lowest BCUT2D eigenvalue weighted by Gasteiger charge is -2.22. The van der Waals surface area contributed by atoms with Crippen LogP contribution in [-0.4, -0.2) is 46.3 Å². The number of carbonyl (C=O) groups is 2. The summed E-state index contributed by atoms with van der Waals surface area (Å²) in [7, 11) is 0. The van der Waals surface area contributed by atoms with E-state index in [1.165, 1.54) is 0 Å². The van der Waals surface area contributed by atoms with Crippen molar-refractivity contribution in [1.29, 1.82) is 0 Å². The number of benzene rings is 1. The van der Waals surface area contributed by atoms with E-state index in [0.29, 0.717) is 6.61 Å². The highest BCUT2D eigenvalue weighted by molar-refractivity contribution is 6.02. The number of rotatable bonds is 5. The summed E-state index contributed by atoms with van der Waals surface area (Å²) in [4.78, 5) is 25.6. The fourth-order valence-electron chi connectivity index (χ4n) is 1.90. The van der Waals surface area contributed by atoms with E-state index < -0.39 is 19.0 Å². The first kappa shape index (κ1) is 13.5. The molecule has 1 N–H and O–H groups in total. The van der Waals surface area contributed by atoms with Gasteiger partial charge in [0, 0.05) is 0 Å². The van der Waals surface area contributed by atoms with E-state index in [1.807, 2.05) is 30.3 Å². The molecule has 0 radical (unpaired) electrons. The molecule has 1 aliphatic heterocycles. The largest absolute Gasteiger partial charge is 0.376 e. The molecule has 0 bridgehead atoms. The van der Waals surface area contributed by atoms with E-state index >= 15 is 0 Å². The number of hydrogen-bond acceptors (Lipinski definition) is 4. The Morgan fingerprint density at radius 2 is 2.00 bits per heavy atom. The predicted molar refractivity (Wildman–Crippen MR) is 66.7 cm³/mol. The Hall–Kier alpha value is -1.92. The second-order valence-corrected chi connectivity index (χ2v) is 4.28. The Morgan fingerprint density at radius 3 is 2.58 bits per heavy atom. The van der Waals surface area contributed by atoms with Crippen molar-refractivity contribution in [1.82, 2.24) is 9.80 Å². The minimum Gasteiger partial charge on any atom is -0.376 e. The maximum atomic E-state index is 11.8. The van der Waals surface area contributed by atoms with Crippen molar-refractivity contribution in [2.45, 2.75) is 19.8 Å². The highest BCUT2D eigenvalue weighted by atomic mass is 16.5. The van der Waals surface area contributed by atoms with E-state index in [2.05, 4.69) is 0 Å². The lowest BCUT2D eigenvalue weighted by Crippen LogP contribution is -2.41. The fraction of sp³-hybridized carbons (Fsp3) is 0.385. The third kappa shape index (κ3) is 2.91. The number of hydrogen-bond donors (Lipinski definition) is 1. The topological polar surface area (TPSA) is 70.1 Å². The third-order valence-corrected chi connectivity index (χ3v) is 2.94. The van der Waals surface area contributed by atoms with E-state index in [9.17, 15) is 9.59 Å². The molecule has 6 nitrogen and oxygen atoms in total. The minimum absolute atomic E-state index is 0.103. The summed E-state index contributed by atoms with van der Waals surface area (Å²) >= 11 is 0. The summed E-state index contributed by atoms with van der Waals surface area (Å²) in [5.41, 5.74) is 0.965. The molecule has 1 fully saturated rings. The van der Waals surface area contributed by atoms with Crippen molar-refractivity contribution in [3.63, 3.8) is 0 Å². The first-order valence-corrected chi connectivity index (χ1v) is 6.01. The molecule has 1 aliphatic rings. The Morgan fingerprint density at radius 1 is 1.32 bits per heavy atom. The normalized spacial score (nSPS) is 17.2. The smallest absolute Gasteiger partial charge is 0.331 e. The van der Waals surface area contributed by atoms with Gasteiger partial charge in [-0.15, -0.1) is 0 Å². The molecule has 1 aromatic rings. The maximum absolute atomic E-state index is 11.8. The molecule has 0 saturated carbocycles. The Balaban J connectivity index is 1.95. The summed E-state index contributed by atoms with van der Waals surface area (Å²) in [6.45, 7) is 1.39. The van der Waals surface area contributed by atoms with Gasteiger partial charge in [0.15, 0.2) is 0 Å². The van der Waals surface area contributed by atoms with Crippen LogP contribution in [-0.2, 0) is 16.1 Å². The quantitative estimate of drug-likeness (QED) is 0.797. The number of carbonyl (C=O) groups excluding carboxylic acids is 2. The monoisotopic (exact) mass is 264 g/mol. The first-order chi connectivity index (χ1) is 9.13. The SMILES string of the molecule is CC(OCc1ccccc1)N1C(=O)CN(CO)C1=O. The average molecular weight is 264 g/mol. The van der Waals surface area contributed by atoms with Crippen LogP contribution in [0.2, 0.25) is 0 Å². The van der Waals surface area contributed by atoms with Crippen molar-refractivity contribution in [2.75, 3.05) is 13.3 Å². The van der Waals surface area contributed by atoms with Gasteiger partial charge in [0.2, 0.25) is 0 Å². The van der Waals surface area contributed by atoms with Gasteiger partial charge in [0.1, 0.15) is 19.5 Å². The lowest BCUT2D eigenvalue weighted by atomic mass is 10.2. The highest BCUT2D eigenvalue weighted by Gasteiger charge is 2.38. The second kappa shape index (κ2) is 5.81.